The molecule has 0 aliphatic carbocycles. The standard InChI is InChI=1S/C19H17N3O4S/c1-26-18(25)12-7-9-13(10-8-12)21-16(23)11-15-17(24)22(19(20)27-15)14-5-3-2-4-6-14/h2-10,15,20H,11H2,1H3,(H,21,23). The maximum atomic E-state index is 12.6. The van der Waals surface area contributed by atoms with Crippen molar-refractivity contribution in [2.24, 2.45) is 0 Å². The summed E-state index contributed by atoms with van der Waals surface area (Å²) in [7, 11) is 1.30. The molecule has 138 valence electrons. The summed E-state index contributed by atoms with van der Waals surface area (Å²) >= 11 is 1.06. The summed E-state index contributed by atoms with van der Waals surface area (Å²) < 4.78 is 4.62. The Labute approximate surface area is 160 Å². The van der Waals surface area contributed by atoms with Crippen LogP contribution < -0.4 is 10.2 Å². The van der Waals surface area contributed by atoms with Crippen LogP contribution in [0.1, 0.15) is 16.8 Å². The second kappa shape index (κ2) is 8.05. The quantitative estimate of drug-likeness (QED) is 0.774. The highest BCUT2D eigenvalue weighted by molar-refractivity contribution is 8.16. The summed E-state index contributed by atoms with van der Waals surface area (Å²) in [6.07, 6.45) is -0.0477. The number of rotatable bonds is 5. The van der Waals surface area contributed by atoms with Crippen LogP contribution in [-0.2, 0) is 14.3 Å². The first-order valence-corrected chi connectivity index (χ1v) is 9.00. The average molecular weight is 383 g/mol. The van der Waals surface area contributed by atoms with Crippen LogP contribution in [0, 0.1) is 5.41 Å². The Kier molecular flexibility index (Phi) is 5.56. The van der Waals surface area contributed by atoms with Gasteiger partial charge in [-0.2, -0.15) is 0 Å². The lowest BCUT2D eigenvalue weighted by Crippen LogP contribution is -2.33. The molecule has 1 heterocycles. The van der Waals surface area contributed by atoms with E-state index in [-0.39, 0.29) is 23.4 Å². The molecular weight excluding hydrogens is 366 g/mol. The number of hydrogen-bond donors (Lipinski definition) is 2. The molecule has 7 nitrogen and oxygen atoms in total. The Morgan fingerprint density at radius 3 is 2.44 bits per heavy atom. The molecule has 2 N–H and O–H groups in total. The molecule has 0 bridgehead atoms. The first-order chi connectivity index (χ1) is 13.0. The molecule has 1 aliphatic rings. The minimum absolute atomic E-state index is 0.0477. The van der Waals surface area contributed by atoms with Crippen molar-refractivity contribution in [1.29, 1.82) is 5.41 Å². The van der Waals surface area contributed by atoms with Crippen LogP contribution in [-0.4, -0.2) is 35.3 Å². The number of para-hydroxylation sites is 1. The number of carbonyl (C=O) groups excluding carboxylic acids is 3. The zero-order valence-electron chi connectivity index (χ0n) is 14.5. The van der Waals surface area contributed by atoms with E-state index in [1.165, 1.54) is 12.0 Å². The van der Waals surface area contributed by atoms with Crippen LogP contribution in [0.25, 0.3) is 0 Å². The summed E-state index contributed by atoms with van der Waals surface area (Å²) in [6, 6.07) is 15.2. The van der Waals surface area contributed by atoms with Crippen molar-refractivity contribution in [1.82, 2.24) is 0 Å². The van der Waals surface area contributed by atoms with Crippen LogP contribution >= 0.6 is 11.8 Å². The molecular formula is C19H17N3O4S. The number of hydrogen-bond acceptors (Lipinski definition) is 6. The highest BCUT2D eigenvalue weighted by atomic mass is 32.2. The molecule has 1 aliphatic heterocycles. The molecule has 2 aromatic carbocycles. The van der Waals surface area contributed by atoms with Crippen LogP contribution in [0.15, 0.2) is 54.6 Å². The number of amidine groups is 1. The van der Waals surface area contributed by atoms with Crippen LogP contribution in [0.2, 0.25) is 0 Å². The van der Waals surface area contributed by atoms with Gasteiger partial charge in [0, 0.05) is 12.1 Å². The van der Waals surface area contributed by atoms with Crippen molar-refractivity contribution in [2.45, 2.75) is 11.7 Å². The van der Waals surface area contributed by atoms with Gasteiger partial charge < -0.3 is 10.1 Å². The van der Waals surface area contributed by atoms with Crippen molar-refractivity contribution in [3.63, 3.8) is 0 Å². The van der Waals surface area contributed by atoms with Gasteiger partial charge in [-0.05, 0) is 36.4 Å². The maximum Gasteiger partial charge on any atom is 0.337 e. The van der Waals surface area contributed by atoms with Gasteiger partial charge in [-0.25, -0.2) is 4.79 Å². The molecule has 0 radical (unpaired) electrons. The van der Waals surface area contributed by atoms with E-state index in [9.17, 15) is 14.4 Å². The van der Waals surface area contributed by atoms with E-state index in [0.29, 0.717) is 16.9 Å². The molecule has 8 heteroatoms. The minimum Gasteiger partial charge on any atom is -0.465 e. The number of carbonyl (C=O) groups is 3. The first-order valence-electron chi connectivity index (χ1n) is 8.12. The Hall–Kier alpha value is -3.13. The molecule has 1 fully saturated rings. The highest BCUT2D eigenvalue weighted by Crippen LogP contribution is 2.32. The molecule has 0 saturated carbocycles. The normalized spacial score (nSPS) is 16.3. The number of benzene rings is 2. The molecule has 2 aromatic rings. The van der Waals surface area contributed by atoms with E-state index in [1.807, 2.05) is 6.07 Å². The van der Waals surface area contributed by atoms with E-state index in [0.717, 1.165) is 11.8 Å². The topological polar surface area (TPSA) is 99.6 Å². The van der Waals surface area contributed by atoms with Gasteiger partial charge >= 0.3 is 5.97 Å². The number of esters is 1. The smallest absolute Gasteiger partial charge is 0.337 e. The number of anilines is 2. The maximum absolute atomic E-state index is 12.6. The largest absolute Gasteiger partial charge is 0.465 e. The van der Waals surface area contributed by atoms with Gasteiger partial charge in [0.2, 0.25) is 11.8 Å². The second-order valence-electron chi connectivity index (χ2n) is 5.74. The summed E-state index contributed by atoms with van der Waals surface area (Å²) in [6.45, 7) is 0. The Balaban J connectivity index is 1.62. The molecule has 0 aromatic heterocycles. The Morgan fingerprint density at radius 2 is 1.81 bits per heavy atom. The molecule has 2 amide bonds. The van der Waals surface area contributed by atoms with Crippen LogP contribution in [0.5, 0.6) is 0 Å². The van der Waals surface area contributed by atoms with E-state index in [2.05, 4.69) is 10.1 Å². The molecule has 1 unspecified atom stereocenters. The number of amides is 2. The third-order valence-electron chi connectivity index (χ3n) is 3.93. The number of ether oxygens (including phenoxy) is 1. The SMILES string of the molecule is COC(=O)c1ccc(NC(=O)CC2SC(=N)N(c3ccccc3)C2=O)cc1. The third kappa shape index (κ3) is 4.17. The molecule has 1 saturated heterocycles. The van der Waals surface area contributed by atoms with E-state index < -0.39 is 11.2 Å². The number of thioether (sulfide) groups is 1. The molecule has 1 atom stereocenters. The van der Waals surface area contributed by atoms with Gasteiger partial charge in [0.1, 0.15) is 5.25 Å². The van der Waals surface area contributed by atoms with Gasteiger partial charge in [0.15, 0.2) is 5.17 Å². The predicted octanol–water partition coefficient (Wildman–Crippen LogP) is 2.89. The van der Waals surface area contributed by atoms with Crippen molar-refractivity contribution in [3.05, 3.63) is 60.2 Å². The van der Waals surface area contributed by atoms with Gasteiger partial charge in [0.25, 0.3) is 0 Å². The van der Waals surface area contributed by atoms with E-state index in [4.69, 9.17) is 5.41 Å². The second-order valence-corrected chi connectivity index (χ2v) is 6.93. The van der Waals surface area contributed by atoms with Crippen molar-refractivity contribution >= 4 is 46.1 Å². The zero-order chi connectivity index (χ0) is 19.4. The fourth-order valence-corrected chi connectivity index (χ4v) is 3.63. The fraction of sp³-hybridized carbons (Fsp3) is 0.158. The first kappa shape index (κ1) is 18.7. The summed E-state index contributed by atoms with van der Waals surface area (Å²) in [5.74, 6) is -1.08. The molecule has 27 heavy (non-hydrogen) atoms. The highest BCUT2D eigenvalue weighted by Gasteiger charge is 2.39. The van der Waals surface area contributed by atoms with Crippen LogP contribution in [0.4, 0.5) is 11.4 Å². The molecule has 0 spiro atoms. The van der Waals surface area contributed by atoms with Crippen LogP contribution in [0.3, 0.4) is 0 Å². The van der Waals surface area contributed by atoms with Gasteiger partial charge in [-0.15, -0.1) is 0 Å². The lowest BCUT2D eigenvalue weighted by Gasteiger charge is -2.15. The fourth-order valence-electron chi connectivity index (χ4n) is 2.62. The van der Waals surface area contributed by atoms with Gasteiger partial charge in [-0.3, -0.25) is 19.9 Å². The summed E-state index contributed by atoms with van der Waals surface area (Å²) in [5.41, 5.74) is 1.50. The van der Waals surface area contributed by atoms with Gasteiger partial charge in [0.05, 0.1) is 18.4 Å². The van der Waals surface area contributed by atoms with Crippen molar-refractivity contribution in [2.75, 3.05) is 17.3 Å². The van der Waals surface area contributed by atoms with E-state index >= 15 is 0 Å². The Morgan fingerprint density at radius 1 is 1.15 bits per heavy atom. The number of methoxy groups -OCH3 is 1. The number of nitrogens with zero attached hydrogens (tertiary/aromatic N) is 1. The predicted molar refractivity (Wildman–Crippen MR) is 104 cm³/mol. The monoisotopic (exact) mass is 383 g/mol. The van der Waals surface area contributed by atoms with Crippen molar-refractivity contribution in [3.8, 4) is 0 Å². The van der Waals surface area contributed by atoms with Crippen molar-refractivity contribution < 1.29 is 19.1 Å². The zero-order valence-corrected chi connectivity index (χ0v) is 15.3. The van der Waals surface area contributed by atoms with E-state index in [1.54, 1.807) is 48.5 Å². The van der Waals surface area contributed by atoms with Gasteiger partial charge in [-0.1, -0.05) is 30.0 Å². The minimum atomic E-state index is -0.646. The summed E-state index contributed by atoms with van der Waals surface area (Å²) in [5, 5.41) is 10.2. The summed E-state index contributed by atoms with van der Waals surface area (Å²) in [4.78, 5) is 37.6. The average Bonchev–Trinajstić information content (AvgIpc) is 2.95. The lowest BCUT2D eigenvalue weighted by molar-refractivity contribution is -0.121. The lowest BCUT2D eigenvalue weighted by atomic mass is 10.2. The third-order valence-corrected chi connectivity index (χ3v) is 4.99. The Bertz CT molecular complexity index is 884. The number of nitrogens with one attached hydrogen (secondary N) is 2. The molecule has 3 rings (SSSR count).